The van der Waals surface area contributed by atoms with E-state index in [-0.39, 0.29) is 23.8 Å². The smallest absolute Gasteiger partial charge is 0.329 e. The Bertz CT molecular complexity index is 1450. The first kappa shape index (κ1) is 26.0. The molecule has 0 saturated carbocycles. The number of aryl methyl sites for hydroxylation is 2. The van der Waals surface area contributed by atoms with Gasteiger partial charge in [0.2, 0.25) is 15.9 Å². The third kappa shape index (κ3) is 4.93. The van der Waals surface area contributed by atoms with Crippen LogP contribution in [0.1, 0.15) is 61.8 Å². The molecule has 194 valence electrons. The van der Waals surface area contributed by atoms with Gasteiger partial charge in [-0.05, 0) is 62.1 Å². The number of hydrogen-bond donors (Lipinski definition) is 1. The Kier molecular flexibility index (Phi) is 7.31. The van der Waals surface area contributed by atoms with Crippen LogP contribution in [0.2, 0.25) is 0 Å². The first-order chi connectivity index (χ1) is 17.1. The van der Waals surface area contributed by atoms with Crippen LogP contribution in [-0.4, -0.2) is 42.8 Å². The summed E-state index contributed by atoms with van der Waals surface area (Å²) in [6, 6.07) is 11.8. The summed E-state index contributed by atoms with van der Waals surface area (Å²) in [6.07, 6.45) is 1.26. The predicted molar refractivity (Wildman–Crippen MR) is 144 cm³/mol. The summed E-state index contributed by atoms with van der Waals surface area (Å²) in [5.41, 5.74) is 6.15. The van der Waals surface area contributed by atoms with Crippen molar-refractivity contribution in [2.45, 2.75) is 65.5 Å². The highest BCUT2D eigenvalue weighted by atomic mass is 32.2. The number of rotatable bonds is 9. The molecule has 0 bridgehead atoms. The molecule has 8 nitrogen and oxygen atoms in total. The summed E-state index contributed by atoms with van der Waals surface area (Å²) in [4.78, 5) is 28.9. The van der Waals surface area contributed by atoms with E-state index < -0.39 is 22.0 Å². The summed E-state index contributed by atoms with van der Waals surface area (Å²) in [6.45, 7) is 8.92. The molecular formula is C27H36N4O4S. The zero-order valence-corrected chi connectivity index (χ0v) is 22.6. The number of nitrogens with one attached hydrogen (secondary N) is 1. The highest BCUT2D eigenvalue weighted by Crippen LogP contribution is 2.38. The molecule has 1 aromatic heterocycles. The second-order valence-corrected chi connectivity index (χ2v) is 11.9. The summed E-state index contributed by atoms with van der Waals surface area (Å²) in [5.74, 6) is -0.601. The molecule has 36 heavy (non-hydrogen) atoms. The number of likely N-dealkylation sites (N-methyl/N-ethyl adjacent to an activating group) is 1. The number of aromatic nitrogens is 2. The highest BCUT2D eigenvalue weighted by molar-refractivity contribution is 7.90. The van der Waals surface area contributed by atoms with Crippen molar-refractivity contribution in [3.63, 3.8) is 0 Å². The zero-order valence-electron chi connectivity index (χ0n) is 21.7. The van der Waals surface area contributed by atoms with Crippen molar-refractivity contribution < 1.29 is 13.2 Å². The Morgan fingerprint density at radius 1 is 1.14 bits per heavy atom. The van der Waals surface area contributed by atoms with Crippen molar-refractivity contribution in [3.05, 3.63) is 63.6 Å². The number of imidazole rings is 1. The number of hydrogen-bond acceptors (Lipinski definition) is 5. The number of fused-ring (bicyclic) bond motifs is 2. The minimum Gasteiger partial charge on any atom is -0.374 e. The van der Waals surface area contributed by atoms with Gasteiger partial charge in [-0.1, -0.05) is 31.5 Å². The molecule has 0 aliphatic carbocycles. The number of benzene rings is 2. The van der Waals surface area contributed by atoms with Crippen LogP contribution in [0.15, 0.2) is 41.2 Å². The summed E-state index contributed by atoms with van der Waals surface area (Å²) < 4.78 is 29.6. The van der Waals surface area contributed by atoms with Crippen LogP contribution < -0.4 is 15.3 Å². The van der Waals surface area contributed by atoms with Crippen molar-refractivity contribution in [1.29, 1.82) is 0 Å². The van der Waals surface area contributed by atoms with Gasteiger partial charge in [0.25, 0.3) is 0 Å². The predicted octanol–water partition coefficient (Wildman–Crippen LogP) is 3.85. The van der Waals surface area contributed by atoms with Crippen LogP contribution in [0.25, 0.3) is 11.0 Å². The van der Waals surface area contributed by atoms with Gasteiger partial charge < -0.3 is 4.90 Å². The monoisotopic (exact) mass is 512 g/mol. The van der Waals surface area contributed by atoms with E-state index in [1.54, 1.807) is 4.57 Å². The quantitative estimate of drug-likeness (QED) is 0.470. The maximum absolute atomic E-state index is 14.0. The summed E-state index contributed by atoms with van der Waals surface area (Å²) in [7, 11) is -1.59. The van der Waals surface area contributed by atoms with Crippen LogP contribution in [0, 0.1) is 13.8 Å². The molecule has 2 atom stereocenters. The van der Waals surface area contributed by atoms with Gasteiger partial charge in [-0.15, -0.1) is 0 Å². The van der Waals surface area contributed by atoms with Crippen molar-refractivity contribution >= 4 is 32.7 Å². The Morgan fingerprint density at radius 3 is 2.58 bits per heavy atom. The maximum Gasteiger partial charge on any atom is 0.329 e. The minimum absolute atomic E-state index is 0.0753. The lowest BCUT2D eigenvalue weighted by atomic mass is 9.96. The van der Waals surface area contributed by atoms with Gasteiger partial charge in [0.05, 0.1) is 16.8 Å². The van der Waals surface area contributed by atoms with E-state index in [4.69, 9.17) is 0 Å². The fraction of sp³-hybridized carbons (Fsp3) is 0.481. The first-order valence-electron chi connectivity index (χ1n) is 12.6. The molecule has 0 spiro atoms. The maximum atomic E-state index is 14.0. The van der Waals surface area contributed by atoms with Crippen LogP contribution in [0.3, 0.4) is 0 Å². The fourth-order valence-electron chi connectivity index (χ4n) is 5.50. The minimum atomic E-state index is -3.67. The second-order valence-electron chi connectivity index (χ2n) is 9.92. The van der Waals surface area contributed by atoms with E-state index in [0.717, 1.165) is 29.6 Å². The Hall–Kier alpha value is -3.07. The molecule has 3 aromatic rings. The van der Waals surface area contributed by atoms with Crippen molar-refractivity contribution in [3.8, 4) is 0 Å². The molecule has 0 radical (unpaired) electrons. The lowest BCUT2D eigenvalue weighted by Gasteiger charge is -2.18. The van der Waals surface area contributed by atoms with E-state index >= 15 is 0 Å². The lowest BCUT2D eigenvalue weighted by molar-refractivity contribution is -0.120. The van der Waals surface area contributed by atoms with Crippen LogP contribution in [0.5, 0.6) is 0 Å². The summed E-state index contributed by atoms with van der Waals surface area (Å²) in [5, 5.41) is 0. The third-order valence-electron chi connectivity index (χ3n) is 7.19. The van der Waals surface area contributed by atoms with Gasteiger partial charge in [0, 0.05) is 44.2 Å². The average Bonchev–Trinajstić information content (AvgIpc) is 3.27. The summed E-state index contributed by atoms with van der Waals surface area (Å²) >= 11 is 0. The number of amides is 1. The molecule has 0 fully saturated rings. The van der Waals surface area contributed by atoms with Crippen molar-refractivity contribution in [2.75, 3.05) is 24.2 Å². The number of carbonyl (C=O) groups excluding carboxylic acids is 1. The van der Waals surface area contributed by atoms with Gasteiger partial charge in [-0.25, -0.2) is 13.2 Å². The molecule has 1 aliphatic heterocycles. The molecule has 1 N–H and O–H groups in total. The molecule has 1 aliphatic rings. The molecule has 4 rings (SSSR count). The third-order valence-corrected chi connectivity index (χ3v) is 8.49. The van der Waals surface area contributed by atoms with Gasteiger partial charge >= 0.3 is 5.69 Å². The van der Waals surface area contributed by atoms with E-state index in [1.165, 1.54) is 23.7 Å². The fourth-order valence-corrected chi connectivity index (χ4v) is 6.07. The Morgan fingerprint density at radius 2 is 1.89 bits per heavy atom. The number of sulfonamides is 1. The van der Waals surface area contributed by atoms with Gasteiger partial charge in [-0.2, -0.15) is 0 Å². The van der Waals surface area contributed by atoms with Crippen LogP contribution in [-0.2, 0) is 21.4 Å². The standard InChI is InChI=1S/C27H36N4O4S/c1-6-9-21(15-25(32)28-36(34,35)7-2)31-24-14-18(3)12-13-22(24)30(27(31)33)17-20-16-29(5)23-11-8-10-19(4)26(20)23/h8,10-14,20-21H,6-7,9,15-17H2,1-5H3,(H,28,32). The van der Waals surface area contributed by atoms with E-state index in [2.05, 4.69) is 41.8 Å². The van der Waals surface area contributed by atoms with Crippen molar-refractivity contribution in [2.24, 2.45) is 0 Å². The topological polar surface area (TPSA) is 93.4 Å². The van der Waals surface area contributed by atoms with E-state index in [0.29, 0.717) is 13.0 Å². The lowest BCUT2D eigenvalue weighted by Crippen LogP contribution is -2.35. The normalized spacial score (nSPS) is 16.4. The van der Waals surface area contributed by atoms with Crippen LogP contribution in [0.4, 0.5) is 5.69 Å². The Labute approximate surface area is 213 Å². The SMILES string of the molecule is CCCC(CC(=O)NS(=O)(=O)CC)n1c(=O)n(CC2CN(C)c3cccc(C)c32)c2ccc(C)cc21. The molecule has 0 saturated heterocycles. The molecule has 9 heteroatoms. The number of carbonyl (C=O) groups is 1. The van der Waals surface area contributed by atoms with Gasteiger partial charge in [0.1, 0.15) is 0 Å². The van der Waals surface area contributed by atoms with Crippen molar-refractivity contribution in [1.82, 2.24) is 13.9 Å². The number of anilines is 1. The van der Waals surface area contributed by atoms with E-state index in [1.807, 2.05) is 36.6 Å². The molecule has 2 unspecified atom stereocenters. The molecular weight excluding hydrogens is 476 g/mol. The van der Waals surface area contributed by atoms with E-state index in [9.17, 15) is 18.0 Å². The highest BCUT2D eigenvalue weighted by Gasteiger charge is 2.30. The average molecular weight is 513 g/mol. The molecule has 2 heterocycles. The zero-order chi connectivity index (χ0) is 26.2. The number of nitrogens with zero attached hydrogens (tertiary/aromatic N) is 3. The largest absolute Gasteiger partial charge is 0.374 e. The first-order valence-corrected chi connectivity index (χ1v) is 14.3. The second kappa shape index (κ2) is 10.1. The molecule has 1 amide bonds. The van der Waals surface area contributed by atoms with Crippen LogP contribution >= 0.6 is 0 Å². The van der Waals surface area contributed by atoms with Gasteiger partial charge in [-0.3, -0.25) is 18.7 Å². The van der Waals surface area contributed by atoms with Gasteiger partial charge in [0.15, 0.2) is 0 Å². The molecule has 2 aromatic carbocycles. The Balaban J connectivity index is 1.78.